The van der Waals surface area contributed by atoms with Crippen molar-refractivity contribution < 1.29 is 4.74 Å². The molecule has 0 saturated heterocycles. The molecule has 0 unspecified atom stereocenters. The summed E-state index contributed by atoms with van der Waals surface area (Å²) in [4.78, 5) is 0. The van der Waals surface area contributed by atoms with Gasteiger partial charge in [-0.3, -0.25) is 0 Å². The van der Waals surface area contributed by atoms with E-state index in [1.165, 1.54) is 11.1 Å². The molecule has 0 aliphatic heterocycles. The first-order valence-corrected chi connectivity index (χ1v) is 5.92. The lowest BCUT2D eigenvalue weighted by atomic mass is 10.1. The minimum Gasteiger partial charge on any atom is -0.497 e. The molecule has 0 fully saturated rings. The minimum absolute atomic E-state index is 0. The highest BCUT2D eigenvalue weighted by atomic mass is 35.5. The van der Waals surface area contributed by atoms with Crippen LogP contribution in [0.15, 0.2) is 42.5 Å². The van der Waals surface area contributed by atoms with Gasteiger partial charge in [0.05, 0.1) is 18.5 Å². The van der Waals surface area contributed by atoms with Crippen LogP contribution < -0.4 is 15.8 Å². The Morgan fingerprint density at radius 1 is 1.11 bits per heavy atom. The molecule has 4 heteroatoms. The van der Waals surface area contributed by atoms with E-state index >= 15 is 0 Å². The normalized spacial score (nSPS) is 9.58. The highest BCUT2D eigenvalue weighted by Crippen LogP contribution is 2.20. The third kappa shape index (κ3) is 4.07. The number of ether oxygens (including phenoxy) is 1. The highest BCUT2D eigenvalue weighted by Gasteiger charge is 1.99. The number of benzene rings is 2. The SMILES string of the molecule is COc1ccc(CNc2ccc(C)cc2N)cc1.Cl. The average Bonchev–Trinajstić information content (AvgIpc) is 2.38. The summed E-state index contributed by atoms with van der Waals surface area (Å²) in [6.07, 6.45) is 0. The van der Waals surface area contributed by atoms with E-state index in [1.54, 1.807) is 7.11 Å². The summed E-state index contributed by atoms with van der Waals surface area (Å²) in [7, 11) is 1.67. The van der Waals surface area contributed by atoms with Crippen LogP contribution in [-0.4, -0.2) is 7.11 Å². The first-order chi connectivity index (χ1) is 8.69. The van der Waals surface area contributed by atoms with Gasteiger partial charge >= 0.3 is 0 Å². The maximum Gasteiger partial charge on any atom is 0.118 e. The Kier molecular flexibility index (Phi) is 5.52. The van der Waals surface area contributed by atoms with Gasteiger partial charge in [-0.05, 0) is 42.3 Å². The Balaban J connectivity index is 0.00000180. The molecular formula is C15H19ClN2O. The van der Waals surface area contributed by atoms with Crippen molar-refractivity contribution in [2.24, 2.45) is 0 Å². The smallest absolute Gasteiger partial charge is 0.118 e. The van der Waals surface area contributed by atoms with Crippen LogP contribution in [0.5, 0.6) is 5.75 Å². The number of aryl methyl sites for hydroxylation is 1. The van der Waals surface area contributed by atoms with Crippen LogP contribution in [0, 0.1) is 6.92 Å². The van der Waals surface area contributed by atoms with Gasteiger partial charge in [0, 0.05) is 6.54 Å². The predicted molar refractivity (Wildman–Crippen MR) is 83.2 cm³/mol. The number of hydrogen-bond donors (Lipinski definition) is 2. The second-order valence-corrected chi connectivity index (χ2v) is 4.29. The molecule has 3 nitrogen and oxygen atoms in total. The quantitative estimate of drug-likeness (QED) is 0.840. The Morgan fingerprint density at radius 3 is 2.37 bits per heavy atom. The highest BCUT2D eigenvalue weighted by molar-refractivity contribution is 5.85. The zero-order valence-electron chi connectivity index (χ0n) is 11.1. The predicted octanol–water partition coefficient (Wildman–Crippen LogP) is 3.62. The summed E-state index contributed by atoms with van der Waals surface area (Å²) in [5.41, 5.74) is 10.1. The molecule has 0 atom stereocenters. The van der Waals surface area contributed by atoms with Gasteiger partial charge in [0.2, 0.25) is 0 Å². The second-order valence-electron chi connectivity index (χ2n) is 4.29. The zero-order chi connectivity index (χ0) is 13.0. The van der Waals surface area contributed by atoms with E-state index in [2.05, 4.69) is 5.32 Å². The van der Waals surface area contributed by atoms with Gasteiger partial charge in [0.25, 0.3) is 0 Å². The number of hydrogen-bond acceptors (Lipinski definition) is 3. The Hall–Kier alpha value is -1.87. The number of methoxy groups -OCH3 is 1. The summed E-state index contributed by atoms with van der Waals surface area (Å²) < 4.78 is 5.12. The van der Waals surface area contributed by atoms with Gasteiger partial charge in [-0.1, -0.05) is 18.2 Å². The molecule has 0 radical (unpaired) electrons. The molecule has 0 aromatic heterocycles. The fourth-order valence-corrected chi connectivity index (χ4v) is 1.78. The lowest BCUT2D eigenvalue weighted by Crippen LogP contribution is -2.02. The Morgan fingerprint density at radius 2 is 1.79 bits per heavy atom. The molecule has 2 rings (SSSR count). The van der Waals surface area contributed by atoms with Crippen LogP contribution in [0.25, 0.3) is 0 Å². The van der Waals surface area contributed by atoms with Gasteiger partial charge in [-0.2, -0.15) is 0 Å². The average molecular weight is 279 g/mol. The van der Waals surface area contributed by atoms with Crippen molar-refractivity contribution in [3.8, 4) is 5.75 Å². The van der Waals surface area contributed by atoms with Crippen molar-refractivity contribution in [2.45, 2.75) is 13.5 Å². The van der Waals surface area contributed by atoms with Crippen LogP contribution in [0.1, 0.15) is 11.1 Å². The maximum atomic E-state index is 5.95. The van der Waals surface area contributed by atoms with Gasteiger partial charge in [-0.25, -0.2) is 0 Å². The van der Waals surface area contributed by atoms with E-state index in [-0.39, 0.29) is 12.4 Å². The molecule has 0 amide bonds. The van der Waals surface area contributed by atoms with Gasteiger partial charge in [-0.15, -0.1) is 12.4 Å². The van der Waals surface area contributed by atoms with Crippen molar-refractivity contribution in [1.82, 2.24) is 0 Å². The standard InChI is InChI=1S/C15H18N2O.ClH/c1-11-3-8-15(14(16)9-11)17-10-12-4-6-13(18-2)7-5-12;/h3-9,17H,10,16H2,1-2H3;1H. The largest absolute Gasteiger partial charge is 0.497 e. The van der Waals surface area contributed by atoms with Gasteiger partial charge < -0.3 is 15.8 Å². The third-order valence-corrected chi connectivity index (χ3v) is 2.85. The number of rotatable bonds is 4. The number of nitrogens with one attached hydrogen (secondary N) is 1. The molecule has 0 aliphatic rings. The van der Waals surface area contributed by atoms with E-state index in [1.807, 2.05) is 49.4 Å². The van der Waals surface area contributed by atoms with Crippen molar-refractivity contribution >= 4 is 23.8 Å². The molecule has 0 saturated carbocycles. The third-order valence-electron chi connectivity index (χ3n) is 2.85. The topological polar surface area (TPSA) is 47.3 Å². The molecule has 0 heterocycles. The molecule has 0 spiro atoms. The Labute approximate surface area is 120 Å². The second kappa shape index (κ2) is 6.90. The number of nitrogen functional groups attached to an aromatic ring is 1. The van der Waals surface area contributed by atoms with E-state index < -0.39 is 0 Å². The lowest BCUT2D eigenvalue weighted by molar-refractivity contribution is 0.414. The van der Waals surface area contributed by atoms with E-state index in [0.29, 0.717) is 0 Å². The number of anilines is 2. The van der Waals surface area contributed by atoms with Gasteiger partial charge in [0.1, 0.15) is 5.75 Å². The van der Waals surface area contributed by atoms with E-state index in [9.17, 15) is 0 Å². The fraction of sp³-hybridized carbons (Fsp3) is 0.200. The summed E-state index contributed by atoms with van der Waals surface area (Å²) in [5, 5.41) is 3.33. The van der Waals surface area contributed by atoms with Crippen LogP contribution >= 0.6 is 12.4 Å². The minimum atomic E-state index is 0. The lowest BCUT2D eigenvalue weighted by Gasteiger charge is -2.10. The molecule has 102 valence electrons. The van der Waals surface area contributed by atoms with Crippen molar-refractivity contribution in [3.05, 3.63) is 53.6 Å². The van der Waals surface area contributed by atoms with E-state index in [4.69, 9.17) is 10.5 Å². The summed E-state index contributed by atoms with van der Waals surface area (Å²) in [6, 6.07) is 14.0. The summed E-state index contributed by atoms with van der Waals surface area (Å²) in [5.74, 6) is 0.869. The van der Waals surface area contributed by atoms with Crippen molar-refractivity contribution in [1.29, 1.82) is 0 Å². The van der Waals surface area contributed by atoms with Crippen molar-refractivity contribution in [3.63, 3.8) is 0 Å². The molecule has 0 bridgehead atoms. The fourth-order valence-electron chi connectivity index (χ4n) is 1.78. The number of halogens is 1. The zero-order valence-corrected chi connectivity index (χ0v) is 12.0. The van der Waals surface area contributed by atoms with Crippen molar-refractivity contribution in [2.75, 3.05) is 18.2 Å². The molecule has 0 aliphatic carbocycles. The van der Waals surface area contributed by atoms with E-state index in [0.717, 1.165) is 23.7 Å². The Bertz CT molecular complexity index is 526. The van der Waals surface area contributed by atoms with Crippen LogP contribution in [0.3, 0.4) is 0 Å². The van der Waals surface area contributed by atoms with Crippen LogP contribution in [0.2, 0.25) is 0 Å². The first-order valence-electron chi connectivity index (χ1n) is 5.92. The molecular weight excluding hydrogens is 260 g/mol. The van der Waals surface area contributed by atoms with Crippen LogP contribution in [-0.2, 0) is 6.54 Å². The maximum absolute atomic E-state index is 5.95. The monoisotopic (exact) mass is 278 g/mol. The summed E-state index contributed by atoms with van der Waals surface area (Å²) >= 11 is 0. The summed E-state index contributed by atoms with van der Waals surface area (Å²) in [6.45, 7) is 2.78. The molecule has 2 aromatic rings. The van der Waals surface area contributed by atoms with Gasteiger partial charge in [0.15, 0.2) is 0 Å². The molecule has 2 aromatic carbocycles. The van der Waals surface area contributed by atoms with Crippen LogP contribution in [0.4, 0.5) is 11.4 Å². The number of nitrogens with two attached hydrogens (primary N) is 1. The first kappa shape index (κ1) is 15.2. The molecule has 3 N–H and O–H groups in total. The molecule has 19 heavy (non-hydrogen) atoms.